The Balaban J connectivity index is 2.44. The lowest BCUT2D eigenvalue weighted by atomic mass is 10.1. The molecule has 8 nitrogen and oxygen atoms in total. The number of carboxylic acids is 1. The number of carbonyl (C=O) groups is 2. The molecule has 20 heavy (non-hydrogen) atoms. The number of rotatable bonds is 4. The van der Waals surface area contributed by atoms with E-state index in [4.69, 9.17) is 10.2 Å². The lowest BCUT2D eigenvalue weighted by Crippen LogP contribution is -2.27. The van der Waals surface area contributed by atoms with Crippen molar-refractivity contribution >= 4 is 23.3 Å². The van der Waals surface area contributed by atoms with Crippen LogP contribution in [-0.2, 0) is 4.79 Å². The number of carbonyl (C=O) groups excluding carboxylic acids is 1. The zero-order valence-corrected chi connectivity index (χ0v) is 10.4. The molecule has 0 spiro atoms. The van der Waals surface area contributed by atoms with Gasteiger partial charge in [-0.1, -0.05) is 0 Å². The van der Waals surface area contributed by atoms with E-state index < -0.39 is 10.9 Å². The van der Waals surface area contributed by atoms with Gasteiger partial charge in [-0.05, 0) is 6.07 Å². The highest BCUT2D eigenvalue weighted by molar-refractivity contribution is 6.03. The van der Waals surface area contributed by atoms with Crippen molar-refractivity contribution in [2.75, 3.05) is 18.1 Å². The Morgan fingerprint density at radius 3 is 2.70 bits per heavy atom. The maximum absolute atomic E-state index is 11.8. The van der Waals surface area contributed by atoms with Gasteiger partial charge in [0, 0.05) is 37.6 Å². The number of amides is 1. The van der Waals surface area contributed by atoms with Crippen molar-refractivity contribution in [2.45, 2.75) is 6.42 Å². The minimum absolute atomic E-state index is 0.115. The molecular weight excluding hydrogens is 268 g/mol. The summed E-state index contributed by atoms with van der Waals surface area (Å²) in [5, 5.41) is 28.9. The van der Waals surface area contributed by atoms with Crippen LogP contribution >= 0.6 is 0 Å². The number of hydrogen-bond acceptors (Lipinski definition) is 5. The number of nitro benzene ring substituents is 1. The molecule has 1 heterocycles. The van der Waals surface area contributed by atoms with Crippen LogP contribution < -0.4 is 4.90 Å². The molecule has 1 aromatic carbocycles. The minimum atomic E-state index is -1.34. The zero-order valence-electron chi connectivity index (χ0n) is 10.4. The molecule has 2 N–H and O–H groups in total. The molecule has 8 heteroatoms. The van der Waals surface area contributed by atoms with E-state index in [-0.39, 0.29) is 48.3 Å². The van der Waals surface area contributed by atoms with Crippen LogP contribution in [-0.4, -0.2) is 40.2 Å². The summed E-state index contributed by atoms with van der Waals surface area (Å²) in [6.45, 7) is 0.0328. The third-order valence-electron chi connectivity index (χ3n) is 3.18. The van der Waals surface area contributed by atoms with E-state index in [0.717, 1.165) is 12.1 Å². The summed E-state index contributed by atoms with van der Waals surface area (Å²) in [6, 6.07) is 3.33. The summed E-state index contributed by atoms with van der Waals surface area (Å²) in [6.07, 6.45) is 0.131. The fraction of sp³-hybridized carbons (Fsp3) is 0.333. The van der Waals surface area contributed by atoms with Crippen LogP contribution in [0.3, 0.4) is 0 Å². The molecule has 106 valence electrons. The van der Waals surface area contributed by atoms with Crippen molar-refractivity contribution in [2.24, 2.45) is 5.92 Å². The second-order valence-corrected chi connectivity index (χ2v) is 4.52. The van der Waals surface area contributed by atoms with E-state index in [1.807, 2.05) is 0 Å². The molecule has 1 unspecified atom stereocenters. The first-order valence-electron chi connectivity index (χ1n) is 5.87. The largest absolute Gasteiger partial charge is 0.478 e. The third kappa shape index (κ3) is 2.45. The Labute approximate surface area is 113 Å². The molecule has 2 rings (SSSR count). The Bertz CT molecular complexity index is 585. The van der Waals surface area contributed by atoms with Gasteiger partial charge in [-0.25, -0.2) is 4.79 Å². The highest BCUT2D eigenvalue weighted by Gasteiger charge is 2.32. The van der Waals surface area contributed by atoms with Crippen LogP contribution in [0.5, 0.6) is 0 Å². The van der Waals surface area contributed by atoms with Gasteiger partial charge in [0.1, 0.15) is 0 Å². The van der Waals surface area contributed by atoms with Crippen LogP contribution in [0.15, 0.2) is 18.2 Å². The Morgan fingerprint density at radius 2 is 2.20 bits per heavy atom. The van der Waals surface area contributed by atoms with Crippen LogP contribution in [0.2, 0.25) is 0 Å². The SMILES string of the molecule is O=C(O)c1cc([N+](=O)[O-])ccc1N1CC(CO)CC1=O. The average Bonchev–Trinajstić information content (AvgIpc) is 2.79. The van der Waals surface area contributed by atoms with Crippen molar-refractivity contribution < 1.29 is 24.7 Å². The molecule has 1 aromatic rings. The number of nitro groups is 1. The number of carboxylic acid groups (broad SMARTS) is 1. The lowest BCUT2D eigenvalue weighted by Gasteiger charge is -2.18. The van der Waals surface area contributed by atoms with E-state index in [0.29, 0.717) is 0 Å². The van der Waals surface area contributed by atoms with Crippen LogP contribution in [0.4, 0.5) is 11.4 Å². The summed E-state index contributed by atoms with van der Waals surface area (Å²) in [5.74, 6) is -1.90. The van der Waals surface area contributed by atoms with Gasteiger partial charge < -0.3 is 15.1 Å². The summed E-state index contributed by atoms with van der Waals surface area (Å²) in [7, 11) is 0. The number of anilines is 1. The van der Waals surface area contributed by atoms with Gasteiger partial charge >= 0.3 is 5.97 Å². The Morgan fingerprint density at radius 1 is 1.50 bits per heavy atom. The Hall–Kier alpha value is -2.48. The van der Waals surface area contributed by atoms with Crippen molar-refractivity contribution in [1.29, 1.82) is 0 Å². The van der Waals surface area contributed by atoms with Gasteiger partial charge in [0.2, 0.25) is 5.91 Å². The maximum Gasteiger partial charge on any atom is 0.338 e. The molecule has 0 aliphatic carbocycles. The number of aliphatic hydroxyl groups is 1. The number of aromatic carboxylic acids is 1. The molecule has 0 radical (unpaired) electrons. The first-order chi connectivity index (χ1) is 9.43. The van der Waals surface area contributed by atoms with E-state index >= 15 is 0 Å². The molecular formula is C12H12N2O6. The normalized spacial score (nSPS) is 18.4. The van der Waals surface area contributed by atoms with E-state index in [1.165, 1.54) is 11.0 Å². The van der Waals surface area contributed by atoms with Crippen LogP contribution in [0.1, 0.15) is 16.8 Å². The van der Waals surface area contributed by atoms with Gasteiger partial charge in [0.25, 0.3) is 5.69 Å². The first-order valence-corrected chi connectivity index (χ1v) is 5.87. The van der Waals surface area contributed by atoms with Crippen LogP contribution in [0.25, 0.3) is 0 Å². The summed E-state index contributed by atoms with van der Waals surface area (Å²) >= 11 is 0. The van der Waals surface area contributed by atoms with Gasteiger partial charge in [-0.3, -0.25) is 14.9 Å². The monoisotopic (exact) mass is 280 g/mol. The van der Waals surface area contributed by atoms with Gasteiger partial charge in [-0.15, -0.1) is 0 Å². The first kappa shape index (κ1) is 13.9. The van der Waals surface area contributed by atoms with E-state index in [9.17, 15) is 19.7 Å². The van der Waals surface area contributed by atoms with Crippen LogP contribution in [0, 0.1) is 16.0 Å². The molecule has 0 bridgehead atoms. The molecule has 1 atom stereocenters. The second-order valence-electron chi connectivity index (χ2n) is 4.52. The molecule has 0 aromatic heterocycles. The smallest absolute Gasteiger partial charge is 0.338 e. The van der Waals surface area contributed by atoms with E-state index in [2.05, 4.69) is 0 Å². The fourth-order valence-corrected chi connectivity index (χ4v) is 2.18. The second kappa shape index (κ2) is 5.25. The molecule has 1 aliphatic rings. The van der Waals surface area contributed by atoms with Gasteiger partial charge in [-0.2, -0.15) is 0 Å². The average molecular weight is 280 g/mol. The minimum Gasteiger partial charge on any atom is -0.478 e. The summed E-state index contributed by atoms with van der Waals surface area (Å²) in [4.78, 5) is 34.2. The predicted molar refractivity (Wildman–Crippen MR) is 67.6 cm³/mol. The maximum atomic E-state index is 11.8. The predicted octanol–water partition coefficient (Wildman–Crippen LogP) is 0.638. The Kier molecular flexibility index (Phi) is 3.66. The van der Waals surface area contributed by atoms with Gasteiger partial charge in [0.05, 0.1) is 16.2 Å². The fourth-order valence-electron chi connectivity index (χ4n) is 2.18. The van der Waals surface area contributed by atoms with Crippen molar-refractivity contribution in [3.63, 3.8) is 0 Å². The van der Waals surface area contributed by atoms with E-state index in [1.54, 1.807) is 0 Å². The number of nitrogens with zero attached hydrogens (tertiary/aromatic N) is 2. The molecule has 1 amide bonds. The number of non-ortho nitro benzene ring substituents is 1. The van der Waals surface area contributed by atoms with Crippen molar-refractivity contribution in [3.05, 3.63) is 33.9 Å². The number of hydrogen-bond donors (Lipinski definition) is 2. The standard InChI is InChI=1S/C12H12N2O6/c15-6-7-3-11(16)13(5-7)10-2-1-8(14(19)20)4-9(10)12(17)18/h1-2,4,7,15H,3,5-6H2,(H,17,18). The summed E-state index contributed by atoms with van der Waals surface area (Å²) in [5.41, 5.74) is -0.535. The lowest BCUT2D eigenvalue weighted by molar-refractivity contribution is -0.384. The summed E-state index contributed by atoms with van der Waals surface area (Å²) < 4.78 is 0. The molecule has 1 fully saturated rings. The topological polar surface area (TPSA) is 121 Å². The zero-order chi connectivity index (χ0) is 14.9. The molecule has 0 saturated carbocycles. The highest BCUT2D eigenvalue weighted by Crippen LogP contribution is 2.30. The quantitative estimate of drug-likeness (QED) is 0.616. The van der Waals surface area contributed by atoms with Gasteiger partial charge in [0.15, 0.2) is 0 Å². The molecule has 1 aliphatic heterocycles. The number of aliphatic hydroxyl groups excluding tert-OH is 1. The highest BCUT2D eigenvalue weighted by atomic mass is 16.6. The molecule has 1 saturated heterocycles. The van der Waals surface area contributed by atoms with Crippen molar-refractivity contribution in [1.82, 2.24) is 0 Å². The van der Waals surface area contributed by atoms with Crippen molar-refractivity contribution in [3.8, 4) is 0 Å². The number of benzene rings is 1. The third-order valence-corrected chi connectivity index (χ3v) is 3.18.